The predicted octanol–water partition coefficient (Wildman–Crippen LogP) is 2.05. The lowest BCUT2D eigenvalue weighted by molar-refractivity contribution is 0.0690. The van der Waals surface area contributed by atoms with E-state index in [9.17, 15) is 13.6 Å². The van der Waals surface area contributed by atoms with Gasteiger partial charge in [-0.05, 0) is 18.2 Å². The SMILES string of the molecule is O=C(O)c1cc(-c2c(F)cccc2F)n[nH]1. The van der Waals surface area contributed by atoms with Gasteiger partial charge < -0.3 is 5.11 Å². The highest BCUT2D eigenvalue weighted by Crippen LogP contribution is 2.24. The summed E-state index contributed by atoms with van der Waals surface area (Å²) < 4.78 is 26.6. The van der Waals surface area contributed by atoms with Gasteiger partial charge in [0.05, 0.1) is 11.3 Å². The van der Waals surface area contributed by atoms with Gasteiger partial charge in [-0.25, -0.2) is 13.6 Å². The molecule has 6 heteroatoms. The summed E-state index contributed by atoms with van der Waals surface area (Å²) in [7, 11) is 0. The van der Waals surface area contributed by atoms with Crippen LogP contribution in [0.2, 0.25) is 0 Å². The Morgan fingerprint density at radius 2 is 1.94 bits per heavy atom. The average molecular weight is 224 g/mol. The molecule has 1 aromatic heterocycles. The van der Waals surface area contributed by atoms with Crippen LogP contribution in [0.1, 0.15) is 10.5 Å². The van der Waals surface area contributed by atoms with Crippen molar-refractivity contribution in [3.63, 3.8) is 0 Å². The van der Waals surface area contributed by atoms with Crippen molar-refractivity contribution in [1.29, 1.82) is 0 Å². The fourth-order valence-electron chi connectivity index (χ4n) is 1.30. The highest BCUT2D eigenvalue weighted by atomic mass is 19.1. The minimum atomic E-state index is -1.24. The first-order valence-electron chi connectivity index (χ1n) is 4.32. The molecule has 0 spiro atoms. The van der Waals surface area contributed by atoms with E-state index in [0.717, 1.165) is 18.2 Å². The molecule has 0 radical (unpaired) electrons. The normalized spacial score (nSPS) is 10.4. The molecule has 0 unspecified atom stereocenters. The van der Waals surface area contributed by atoms with Crippen LogP contribution in [0.25, 0.3) is 11.3 Å². The van der Waals surface area contributed by atoms with Crippen LogP contribution >= 0.6 is 0 Å². The number of aromatic nitrogens is 2. The summed E-state index contributed by atoms with van der Waals surface area (Å²) in [5.41, 5.74) is -0.642. The van der Waals surface area contributed by atoms with Crippen LogP contribution in [-0.4, -0.2) is 21.3 Å². The molecule has 16 heavy (non-hydrogen) atoms. The van der Waals surface area contributed by atoms with E-state index in [1.807, 2.05) is 0 Å². The van der Waals surface area contributed by atoms with Crippen molar-refractivity contribution < 1.29 is 18.7 Å². The molecule has 1 heterocycles. The Morgan fingerprint density at radius 3 is 2.44 bits per heavy atom. The average Bonchev–Trinajstić information content (AvgIpc) is 2.66. The minimum Gasteiger partial charge on any atom is -0.477 e. The zero-order chi connectivity index (χ0) is 11.7. The van der Waals surface area contributed by atoms with Gasteiger partial charge in [0.2, 0.25) is 0 Å². The molecule has 2 rings (SSSR count). The van der Waals surface area contributed by atoms with Crippen molar-refractivity contribution in [3.05, 3.63) is 41.6 Å². The molecule has 0 aliphatic rings. The third kappa shape index (κ3) is 1.65. The van der Waals surface area contributed by atoms with Crippen molar-refractivity contribution >= 4 is 5.97 Å². The monoisotopic (exact) mass is 224 g/mol. The number of nitrogens with zero attached hydrogens (tertiary/aromatic N) is 1. The van der Waals surface area contributed by atoms with E-state index in [-0.39, 0.29) is 17.0 Å². The van der Waals surface area contributed by atoms with Crippen molar-refractivity contribution in [2.75, 3.05) is 0 Å². The highest BCUT2D eigenvalue weighted by Gasteiger charge is 2.16. The lowest BCUT2D eigenvalue weighted by atomic mass is 10.1. The molecule has 2 aromatic rings. The van der Waals surface area contributed by atoms with Gasteiger partial charge >= 0.3 is 5.97 Å². The Kier molecular flexibility index (Phi) is 2.40. The first-order valence-corrected chi connectivity index (χ1v) is 4.32. The van der Waals surface area contributed by atoms with Gasteiger partial charge in [0.25, 0.3) is 0 Å². The van der Waals surface area contributed by atoms with Gasteiger partial charge in [0.15, 0.2) is 0 Å². The van der Waals surface area contributed by atoms with Crippen LogP contribution in [0.3, 0.4) is 0 Å². The van der Waals surface area contributed by atoms with Gasteiger partial charge in [-0.1, -0.05) is 6.07 Å². The maximum absolute atomic E-state index is 13.3. The van der Waals surface area contributed by atoms with E-state index >= 15 is 0 Å². The molecule has 0 aliphatic carbocycles. The summed E-state index contributed by atoms with van der Waals surface area (Å²) >= 11 is 0. The van der Waals surface area contributed by atoms with E-state index < -0.39 is 17.6 Å². The number of hydrogen-bond donors (Lipinski definition) is 2. The number of aromatic carboxylic acids is 1. The smallest absolute Gasteiger partial charge is 0.353 e. The van der Waals surface area contributed by atoms with Crippen LogP contribution in [-0.2, 0) is 0 Å². The number of carboxylic acid groups (broad SMARTS) is 1. The number of rotatable bonds is 2. The molecule has 0 saturated carbocycles. The quantitative estimate of drug-likeness (QED) is 0.820. The Labute approximate surface area is 88.5 Å². The first-order chi connectivity index (χ1) is 7.59. The number of halogens is 2. The number of nitrogens with one attached hydrogen (secondary N) is 1. The van der Waals surface area contributed by atoms with Crippen molar-refractivity contribution in [3.8, 4) is 11.3 Å². The van der Waals surface area contributed by atoms with Gasteiger partial charge in [-0.3, -0.25) is 5.10 Å². The molecule has 0 saturated heterocycles. The molecule has 4 nitrogen and oxygen atoms in total. The standard InChI is InChI=1S/C10H6F2N2O2/c11-5-2-1-3-6(12)9(5)7-4-8(10(15)16)14-13-7/h1-4H,(H,13,14)(H,15,16). The van der Waals surface area contributed by atoms with E-state index in [2.05, 4.69) is 10.2 Å². The Hall–Kier alpha value is -2.24. The maximum Gasteiger partial charge on any atom is 0.353 e. The number of hydrogen-bond acceptors (Lipinski definition) is 2. The fraction of sp³-hybridized carbons (Fsp3) is 0. The van der Waals surface area contributed by atoms with Crippen LogP contribution < -0.4 is 0 Å². The van der Waals surface area contributed by atoms with Gasteiger partial charge in [-0.2, -0.15) is 5.10 Å². The van der Waals surface area contributed by atoms with Crippen LogP contribution in [0.4, 0.5) is 8.78 Å². The summed E-state index contributed by atoms with van der Waals surface area (Å²) in [4.78, 5) is 10.6. The molecule has 0 amide bonds. The van der Waals surface area contributed by atoms with E-state index in [1.54, 1.807) is 0 Å². The Morgan fingerprint density at radius 1 is 1.31 bits per heavy atom. The van der Waals surface area contributed by atoms with Crippen LogP contribution in [0.5, 0.6) is 0 Å². The number of aromatic amines is 1. The molecule has 0 atom stereocenters. The highest BCUT2D eigenvalue weighted by molar-refractivity contribution is 5.86. The van der Waals surface area contributed by atoms with E-state index in [0.29, 0.717) is 0 Å². The number of carbonyl (C=O) groups is 1. The number of benzene rings is 1. The third-order valence-corrected chi connectivity index (χ3v) is 2.03. The van der Waals surface area contributed by atoms with Crippen LogP contribution in [0, 0.1) is 11.6 Å². The summed E-state index contributed by atoms with van der Waals surface area (Å²) in [6.45, 7) is 0. The van der Waals surface area contributed by atoms with Crippen molar-refractivity contribution in [2.45, 2.75) is 0 Å². The molecule has 82 valence electrons. The second-order valence-electron chi connectivity index (χ2n) is 3.07. The largest absolute Gasteiger partial charge is 0.477 e. The van der Waals surface area contributed by atoms with Crippen molar-refractivity contribution in [2.24, 2.45) is 0 Å². The lowest BCUT2D eigenvalue weighted by Crippen LogP contribution is -1.95. The topological polar surface area (TPSA) is 66.0 Å². The lowest BCUT2D eigenvalue weighted by Gasteiger charge is -1.99. The van der Waals surface area contributed by atoms with E-state index in [4.69, 9.17) is 5.11 Å². The summed E-state index contributed by atoms with van der Waals surface area (Å²) in [6.07, 6.45) is 0. The summed E-state index contributed by atoms with van der Waals surface area (Å²) in [6, 6.07) is 4.45. The summed E-state index contributed by atoms with van der Waals surface area (Å²) in [5.74, 6) is -2.82. The molecule has 0 bridgehead atoms. The molecule has 0 aliphatic heterocycles. The zero-order valence-electron chi connectivity index (χ0n) is 7.87. The third-order valence-electron chi connectivity index (χ3n) is 2.03. The molecular weight excluding hydrogens is 218 g/mol. The molecular formula is C10H6F2N2O2. The van der Waals surface area contributed by atoms with E-state index in [1.165, 1.54) is 6.07 Å². The fourth-order valence-corrected chi connectivity index (χ4v) is 1.30. The minimum absolute atomic E-state index is 0.0759. The Bertz CT molecular complexity index is 531. The maximum atomic E-state index is 13.3. The van der Waals surface area contributed by atoms with Gasteiger partial charge in [-0.15, -0.1) is 0 Å². The zero-order valence-corrected chi connectivity index (χ0v) is 7.87. The second-order valence-corrected chi connectivity index (χ2v) is 3.07. The van der Waals surface area contributed by atoms with Crippen molar-refractivity contribution in [1.82, 2.24) is 10.2 Å². The molecule has 2 N–H and O–H groups in total. The second kappa shape index (κ2) is 3.73. The predicted molar refractivity (Wildman–Crippen MR) is 50.9 cm³/mol. The van der Waals surface area contributed by atoms with Crippen LogP contribution in [0.15, 0.2) is 24.3 Å². The molecule has 0 fully saturated rings. The van der Waals surface area contributed by atoms with Gasteiger partial charge in [0.1, 0.15) is 17.3 Å². The van der Waals surface area contributed by atoms with Gasteiger partial charge in [0, 0.05) is 0 Å². The number of carboxylic acids is 1. The Balaban J connectivity index is 2.54. The molecule has 1 aromatic carbocycles. The summed E-state index contributed by atoms with van der Waals surface area (Å²) in [5, 5.41) is 14.3. The number of H-pyrrole nitrogens is 1. The first kappa shape index (κ1) is 10.3.